The number of aliphatic hydroxyl groups is 1. The Hall–Kier alpha value is -3.47. The molecular formula is C28H36N6O4. The molecule has 3 aromatic rings. The van der Waals surface area contributed by atoms with Crippen LogP contribution < -0.4 is 20.3 Å². The Labute approximate surface area is 223 Å². The SMILES string of the molecule is Cc1ccccc1-c1cc(N2CC3CCC(C2)N3c2ccnc(OCCOCCOCCO)c2)c(N)nn1. The third-order valence-corrected chi connectivity index (χ3v) is 7.15. The Morgan fingerprint density at radius 2 is 1.68 bits per heavy atom. The van der Waals surface area contributed by atoms with Crippen LogP contribution in [0.4, 0.5) is 17.2 Å². The predicted molar refractivity (Wildman–Crippen MR) is 147 cm³/mol. The van der Waals surface area contributed by atoms with E-state index in [0.717, 1.165) is 54.1 Å². The molecular weight excluding hydrogens is 484 g/mol. The number of hydrogen-bond acceptors (Lipinski definition) is 10. The third-order valence-electron chi connectivity index (χ3n) is 7.15. The first-order valence-corrected chi connectivity index (χ1v) is 13.2. The van der Waals surface area contributed by atoms with Crippen molar-refractivity contribution in [2.75, 3.05) is 68.3 Å². The van der Waals surface area contributed by atoms with E-state index in [0.29, 0.717) is 56.8 Å². The number of ether oxygens (including phenoxy) is 3. The summed E-state index contributed by atoms with van der Waals surface area (Å²) in [5, 5.41) is 17.4. The van der Waals surface area contributed by atoms with Gasteiger partial charge in [-0.1, -0.05) is 24.3 Å². The van der Waals surface area contributed by atoms with Gasteiger partial charge in [0.15, 0.2) is 5.82 Å². The van der Waals surface area contributed by atoms with Gasteiger partial charge in [-0.3, -0.25) is 0 Å². The molecule has 2 aromatic heterocycles. The average molecular weight is 521 g/mol. The zero-order chi connectivity index (χ0) is 26.3. The quantitative estimate of drug-likeness (QED) is 0.345. The molecule has 2 atom stereocenters. The van der Waals surface area contributed by atoms with Crippen molar-refractivity contribution < 1.29 is 19.3 Å². The van der Waals surface area contributed by atoms with Crippen LogP contribution >= 0.6 is 0 Å². The molecule has 4 heterocycles. The number of fused-ring (bicyclic) bond motifs is 2. The van der Waals surface area contributed by atoms with E-state index in [-0.39, 0.29) is 6.61 Å². The van der Waals surface area contributed by atoms with Gasteiger partial charge in [-0.25, -0.2) is 4.98 Å². The standard InChI is InChI=1S/C28H36N6O4/c1-20-4-2-3-5-24(20)25-17-26(28(29)32-31-25)33-18-22-6-7-23(19-33)34(22)21-8-9-30-27(16-21)38-15-14-37-13-12-36-11-10-35/h2-5,8-9,16-17,22-23,35H,6-7,10-15,18-19H2,1H3,(H2,29,32). The van der Waals surface area contributed by atoms with Crippen molar-refractivity contribution in [1.82, 2.24) is 15.2 Å². The van der Waals surface area contributed by atoms with E-state index in [1.807, 2.05) is 18.2 Å². The maximum atomic E-state index is 8.71. The van der Waals surface area contributed by atoms with Crippen LogP contribution in [0.5, 0.6) is 5.88 Å². The zero-order valence-electron chi connectivity index (χ0n) is 21.8. The summed E-state index contributed by atoms with van der Waals surface area (Å²) < 4.78 is 16.5. The Morgan fingerprint density at radius 3 is 2.45 bits per heavy atom. The highest BCUT2D eigenvalue weighted by Crippen LogP contribution is 2.39. The van der Waals surface area contributed by atoms with Crippen molar-refractivity contribution in [3.8, 4) is 17.1 Å². The molecule has 0 amide bonds. The average Bonchev–Trinajstić information content (AvgIpc) is 3.20. The predicted octanol–water partition coefficient (Wildman–Crippen LogP) is 2.69. The van der Waals surface area contributed by atoms with Crippen LogP contribution in [0.25, 0.3) is 11.3 Å². The monoisotopic (exact) mass is 520 g/mol. The molecule has 3 N–H and O–H groups in total. The maximum Gasteiger partial charge on any atom is 0.215 e. The van der Waals surface area contributed by atoms with Crippen molar-refractivity contribution in [2.45, 2.75) is 31.8 Å². The Kier molecular flexibility index (Phi) is 8.52. The summed E-state index contributed by atoms with van der Waals surface area (Å²) >= 11 is 0. The molecule has 10 heteroatoms. The Bertz CT molecular complexity index is 1200. The number of rotatable bonds is 12. The lowest BCUT2D eigenvalue weighted by atomic mass is 10.0. The van der Waals surface area contributed by atoms with E-state index in [1.165, 1.54) is 0 Å². The summed E-state index contributed by atoms with van der Waals surface area (Å²) in [5.74, 6) is 1.06. The highest BCUT2D eigenvalue weighted by molar-refractivity contribution is 5.73. The van der Waals surface area contributed by atoms with E-state index in [2.05, 4.69) is 56.2 Å². The second-order valence-corrected chi connectivity index (χ2v) is 9.66. The number of aliphatic hydroxyl groups excluding tert-OH is 1. The summed E-state index contributed by atoms with van der Waals surface area (Å²) in [6, 6.07) is 15.1. The molecule has 0 radical (unpaired) electrons. The lowest BCUT2D eigenvalue weighted by Crippen LogP contribution is -2.54. The number of piperazine rings is 1. The molecule has 5 rings (SSSR count). The number of nitrogens with zero attached hydrogens (tertiary/aromatic N) is 5. The molecule has 0 spiro atoms. The number of benzene rings is 1. The summed E-state index contributed by atoms with van der Waals surface area (Å²) in [6.07, 6.45) is 4.04. The number of nitrogen functional groups attached to an aromatic ring is 1. The van der Waals surface area contributed by atoms with Gasteiger partial charge in [0.2, 0.25) is 5.88 Å². The zero-order valence-corrected chi connectivity index (χ0v) is 21.8. The van der Waals surface area contributed by atoms with Crippen LogP contribution in [0.15, 0.2) is 48.7 Å². The van der Waals surface area contributed by atoms with Gasteiger partial charge in [-0.2, -0.15) is 0 Å². The number of aromatic nitrogens is 3. The summed E-state index contributed by atoms with van der Waals surface area (Å²) in [5.41, 5.74) is 11.5. The Morgan fingerprint density at radius 1 is 0.947 bits per heavy atom. The molecule has 2 saturated heterocycles. The second kappa shape index (κ2) is 12.4. The molecule has 1 aromatic carbocycles. The molecule has 0 aliphatic carbocycles. The van der Waals surface area contributed by atoms with E-state index in [9.17, 15) is 0 Å². The normalized spacial score (nSPS) is 18.7. The van der Waals surface area contributed by atoms with Gasteiger partial charge in [0.05, 0.1) is 44.4 Å². The fourth-order valence-electron chi connectivity index (χ4n) is 5.39. The molecule has 2 fully saturated rings. The third kappa shape index (κ3) is 5.98. The van der Waals surface area contributed by atoms with Crippen molar-refractivity contribution in [1.29, 1.82) is 0 Å². The van der Waals surface area contributed by atoms with Crippen LogP contribution in [-0.4, -0.2) is 85.1 Å². The molecule has 10 nitrogen and oxygen atoms in total. The number of anilines is 3. The topological polar surface area (TPSA) is 119 Å². The van der Waals surface area contributed by atoms with Gasteiger partial charge in [0, 0.05) is 48.7 Å². The minimum atomic E-state index is 0.0196. The molecule has 0 saturated carbocycles. The molecule has 2 bridgehead atoms. The van der Waals surface area contributed by atoms with Crippen LogP contribution in [0, 0.1) is 6.92 Å². The summed E-state index contributed by atoms with van der Waals surface area (Å²) in [4.78, 5) is 9.26. The Balaban J connectivity index is 1.21. The first kappa shape index (κ1) is 26.1. The van der Waals surface area contributed by atoms with E-state index >= 15 is 0 Å². The highest BCUT2D eigenvalue weighted by Gasteiger charge is 2.40. The van der Waals surface area contributed by atoms with Crippen molar-refractivity contribution in [3.63, 3.8) is 0 Å². The molecule has 2 aliphatic heterocycles. The second-order valence-electron chi connectivity index (χ2n) is 9.66. The fraction of sp³-hybridized carbons (Fsp3) is 0.464. The minimum absolute atomic E-state index is 0.0196. The number of aryl methyl sites for hydroxylation is 1. The molecule has 202 valence electrons. The van der Waals surface area contributed by atoms with Gasteiger partial charge < -0.3 is 34.9 Å². The number of pyridine rings is 1. The van der Waals surface area contributed by atoms with Gasteiger partial charge in [-0.05, 0) is 37.5 Å². The van der Waals surface area contributed by atoms with Crippen molar-refractivity contribution in [3.05, 3.63) is 54.2 Å². The highest BCUT2D eigenvalue weighted by atomic mass is 16.5. The minimum Gasteiger partial charge on any atom is -0.475 e. The van der Waals surface area contributed by atoms with Gasteiger partial charge in [0.1, 0.15) is 6.61 Å². The van der Waals surface area contributed by atoms with E-state index in [4.69, 9.17) is 25.1 Å². The molecule has 2 unspecified atom stereocenters. The van der Waals surface area contributed by atoms with E-state index in [1.54, 1.807) is 6.20 Å². The summed E-state index contributed by atoms with van der Waals surface area (Å²) in [7, 11) is 0. The molecule has 2 aliphatic rings. The largest absolute Gasteiger partial charge is 0.475 e. The van der Waals surface area contributed by atoms with Gasteiger partial charge in [-0.15, -0.1) is 10.2 Å². The number of nitrogens with two attached hydrogens (primary N) is 1. The van der Waals surface area contributed by atoms with Crippen LogP contribution in [0.1, 0.15) is 18.4 Å². The lowest BCUT2D eigenvalue weighted by molar-refractivity contribution is 0.0243. The van der Waals surface area contributed by atoms with Crippen LogP contribution in [0.2, 0.25) is 0 Å². The van der Waals surface area contributed by atoms with Crippen molar-refractivity contribution in [2.24, 2.45) is 0 Å². The number of hydrogen-bond donors (Lipinski definition) is 2. The fourth-order valence-corrected chi connectivity index (χ4v) is 5.39. The van der Waals surface area contributed by atoms with Gasteiger partial charge >= 0.3 is 0 Å². The van der Waals surface area contributed by atoms with Crippen molar-refractivity contribution >= 4 is 17.2 Å². The first-order valence-electron chi connectivity index (χ1n) is 13.2. The maximum absolute atomic E-state index is 8.71. The van der Waals surface area contributed by atoms with E-state index < -0.39 is 0 Å². The van der Waals surface area contributed by atoms with Crippen LogP contribution in [-0.2, 0) is 9.47 Å². The lowest BCUT2D eigenvalue weighted by Gasteiger charge is -2.43. The summed E-state index contributed by atoms with van der Waals surface area (Å²) in [6.45, 7) is 5.95. The molecule has 38 heavy (non-hydrogen) atoms. The van der Waals surface area contributed by atoms with Crippen LogP contribution in [0.3, 0.4) is 0 Å². The van der Waals surface area contributed by atoms with Gasteiger partial charge in [0.25, 0.3) is 0 Å². The first-order chi connectivity index (χ1) is 18.6. The smallest absolute Gasteiger partial charge is 0.215 e.